The predicted molar refractivity (Wildman–Crippen MR) is 85.8 cm³/mol. The lowest BCUT2D eigenvalue weighted by atomic mass is 10.1. The van der Waals surface area contributed by atoms with Crippen LogP contribution in [0.4, 0.5) is 0 Å². The first-order valence-electron chi connectivity index (χ1n) is 6.42. The minimum absolute atomic E-state index is 0.00395. The van der Waals surface area contributed by atoms with E-state index in [1.165, 1.54) is 0 Å². The second-order valence-corrected chi connectivity index (χ2v) is 9.47. The first-order valence-corrected chi connectivity index (χ1v) is 8.87. The standard InChI is InChI=1S/C14H22BrNO3S/c1-10-7-12(15)8-11(9-16)13(10)19-5-6-20(17,18)14(2,3)4/h7-8H,5-6,9,16H2,1-4H3. The molecule has 0 amide bonds. The Morgan fingerprint density at radius 1 is 1.30 bits per heavy atom. The zero-order valence-electron chi connectivity index (χ0n) is 12.4. The molecule has 0 atom stereocenters. The highest BCUT2D eigenvalue weighted by Gasteiger charge is 2.28. The molecule has 0 aliphatic rings. The maximum Gasteiger partial charge on any atom is 0.158 e. The van der Waals surface area contributed by atoms with Crippen molar-refractivity contribution < 1.29 is 13.2 Å². The zero-order valence-corrected chi connectivity index (χ0v) is 14.8. The van der Waals surface area contributed by atoms with E-state index in [0.717, 1.165) is 15.6 Å². The Labute approximate surface area is 129 Å². The predicted octanol–water partition coefficient (Wildman–Crippen LogP) is 2.81. The topological polar surface area (TPSA) is 69.4 Å². The van der Waals surface area contributed by atoms with Crippen LogP contribution in [0, 0.1) is 6.92 Å². The minimum Gasteiger partial charge on any atom is -0.492 e. The van der Waals surface area contributed by atoms with Gasteiger partial charge >= 0.3 is 0 Å². The molecule has 0 aromatic heterocycles. The molecule has 0 aliphatic heterocycles. The van der Waals surface area contributed by atoms with E-state index in [2.05, 4.69) is 15.9 Å². The van der Waals surface area contributed by atoms with Crippen molar-refractivity contribution in [2.75, 3.05) is 12.4 Å². The van der Waals surface area contributed by atoms with Crippen LogP contribution in [0.5, 0.6) is 5.75 Å². The van der Waals surface area contributed by atoms with Gasteiger partial charge in [0.15, 0.2) is 9.84 Å². The zero-order chi connectivity index (χ0) is 15.6. The van der Waals surface area contributed by atoms with Crippen LogP contribution in [0.2, 0.25) is 0 Å². The van der Waals surface area contributed by atoms with Crippen molar-refractivity contribution in [3.63, 3.8) is 0 Å². The Kier molecular flexibility index (Phi) is 5.63. The molecule has 0 bridgehead atoms. The van der Waals surface area contributed by atoms with Gasteiger partial charge in [-0.1, -0.05) is 15.9 Å². The van der Waals surface area contributed by atoms with Gasteiger partial charge in [-0.05, 0) is 45.4 Å². The first-order chi connectivity index (χ1) is 9.08. The summed E-state index contributed by atoms with van der Waals surface area (Å²) in [6.45, 7) is 7.48. The lowest BCUT2D eigenvalue weighted by Crippen LogP contribution is -2.32. The van der Waals surface area contributed by atoms with Gasteiger partial charge in [0, 0.05) is 16.6 Å². The second kappa shape index (κ2) is 6.45. The van der Waals surface area contributed by atoms with Crippen LogP contribution in [0.3, 0.4) is 0 Å². The summed E-state index contributed by atoms with van der Waals surface area (Å²) in [7, 11) is -3.17. The Balaban J connectivity index is 2.82. The van der Waals surface area contributed by atoms with Gasteiger partial charge in [-0.2, -0.15) is 0 Å². The largest absolute Gasteiger partial charge is 0.492 e. The minimum atomic E-state index is -3.17. The molecule has 1 aromatic carbocycles. The number of sulfone groups is 1. The molecule has 0 radical (unpaired) electrons. The third-order valence-corrected chi connectivity index (χ3v) is 6.10. The Hall–Kier alpha value is -0.590. The molecule has 0 fully saturated rings. The summed E-state index contributed by atoms with van der Waals surface area (Å²) in [6, 6.07) is 3.81. The lowest BCUT2D eigenvalue weighted by molar-refractivity contribution is 0.334. The smallest absolute Gasteiger partial charge is 0.158 e. The molecule has 0 spiro atoms. The molecule has 114 valence electrons. The highest BCUT2D eigenvalue weighted by molar-refractivity contribution is 9.10. The van der Waals surface area contributed by atoms with E-state index in [1.807, 2.05) is 19.1 Å². The summed E-state index contributed by atoms with van der Waals surface area (Å²) < 4.78 is 29.9. The maximum absolute atomic E-state index is 12.0. The first kappa shape index (κ1) is 17.5. The van der Waals surface area contributed by atoms with E-state index < -0.39 is 14.6 Å². The molecule has 0 aliphatic carbocycles. The van der Waals surface area contributed by atoms with E-state index in [9.17, 15) is 8.42 Å². The van der Waals surface area contributed by atoms with Crippen LogP contribution in [0.15, 0.2) is 16.6 Å². The van der Waals surface area contributed by atoms with Crippen molar-refractivity contribution in [1.82, 2.24) is 0 Å². The average Bonchev–Trinajstić information content (AvgIpc) is 2.29. The molecule has 2 N–H and O–H groups in total. The normalized spacial score (nSPS) is 12.5. The molecule has 1 aromatic rings. The lowest BCUT2D eigenvalue weighted by Gasteiger charge is -2.20. The monoisotopic (exact) mass is 363 g/mol. The number of benzene rings is 1. The number of nitrogens with two attached hydrogens (primary N) is 1. The van der Waals surface area contributed by atoms with Crippen molar-refractivity contribution >= 4 is 25.8 Å². The maximum atomic E-state index is 12.0. The second-order valence-electron chi connectivity index (χ2n) is 5.69. The summed E-state index contributed by atoms with van der Waals surface area (Å²) >= 11 is 3.41. The van der Waals surface area contributed by atoms with Crippen LogP contribution < -0.4 is 10.5 Å². The number of hydrogen-bond donors (Lipinski definition) is 1. The van der Waals surface area contributed by atoms with Crippen molar-refractivity contribution in [3.8, 4) is 5.75 Å². The van der Waals surface area contributed by atoms with Gasteiger partial charge in [0.1, 0.15) is 12.4 Å². The van der Waals surface area contributed by atoms with E-state index in [1.54, 1.807) is 20.8 Å². The van der Waals surface area contributed by atoms with Gasteiger partial charge in [-0.3, -0.25) is 0 Å². The van der Waals surface area contributed by atoms with Crippen molar-refractivity contribution in [2.24, 2.45) is 5.73 Å². The average molecular weight is 364 g/mol. The number of halogens is 1. The molecule has 1 rings (SSSR count). The highest BCUT2D eigenvalue weighted by Crippen LogP contribution is 2.28. The van der Waals surface area contributed by atoms with Gasteiger partial charge in [0.25, 0.3) is 0 Å². The summed E-state index contributed by atoms with van der Waals surface area (Å²) in [5.41, 5.74) is 7.50. The molecule has 6 heteroatoms. The molecule has 0 heterocycles. The summed E-state index contributed by atoms with van der Waals surface area (Å²) in [5.74, 6) is 0.676. The van der Waals surface area contributed by atoms with Crippen LogP contribution in [-0.4, -0.2) is 25.5 Å². The fourth-order valence-corrected chi connectivity index (χ4v) is 3.25. The Morgan fingerprint density at radius 3 is 2.40 bits per heavy atom. The van der Waals surface area contributed by atoms with Crippen LogP contribution in [0.1, 0.15) is 31.9 Å². The molecule has 4 nitrogen and oxygen atoms in total. The van der Waals surface area contributed by atoms with E-state index in [0.29, 0.717) is 12.3 Å². The van der Waals surface area contributed by atoms with Crippen molar-refractivity contribution in [2.45, 2.75) is 39.0 Å². The number of aryl methyl sites for hydroxylation is 1. The number of hydrogen-bond acceptors (Lipinski definition) is 4. The SMILES string of the molecule is Cc1cc(Br)cc(CN)c1OCCS(=O)(=O)C(C)(C)C. The molecule has 0 saturated heterocycles. The van der Waals surface area contributed by atoms with Gasteiger partial charge in [-0.25, -0.2) is 8.42 Å². The van der Waals surface area contributed by atoms with Crippen LogP contribution in [-0.2, 0) is 16.4 Å². The fourth-order valence-electron chi connectivity index (χ4n) is 1.72. The fraction of sp³-hybridized carbons (Fsp3) is 0.571. The van der Waals surface area contributed by atoms with E-state index >= 15 is 0 Å². The van der Waals surface area contributed by atoms with E-state index in [4.69, 9.17) is 10.5 Å². The Bertz CT molecular complexity index is 577. The molecule has 0 unspecified atom stereocenters. The highest BCUT2D eigenvalue weighted by atomic mass is 79.9. The van der Waals surface area contributed by atoms with Crippen LogP contribution in [0.25, 0.3) is 0 Å². The van der Waals surface area contributed by atoms with Gasteiger partial charge in [0.2, 0.25) is 0 Å². The number of rotatable bonds is 5. The molecular weight excluding hydrogens is 342 g/mol. The van der Waals surface area contributed by atoms with Crippen molar-refractivity contribution in [3.05, 3.63) is 27.7 Å². The summed E-state index contributed by atoms with van der Waals surface area (Å²) in [4.78, 5) is 0. The summed E-state index contributed by atoms with van der Waals surface area (Å²) in [6.07, 6.45) is 0. The van der Waals surface area contributed by atoms with E-state index in [-0.39, 0.29) is 12.4 Å². The van der Waals surface area contributed by atoms with Crippen LogP contribution >= 0.6 is 15.9 Å². The van der Waals surface area contributed by atoms with Crippen molar-refractivity contribution in [1.29, 1.82) is 0 Å². The number of ether oxygens (including phenoxy) is 1. The van der Waals surface area contributed by atoms with Gasteiger partial charge in [-0.15, -0.1) is 0 Å². The third kappa shape index (κ3) is 4.20. The molecule has 20 heavy (non-hydrogen) atoms. The Morgan fingerprint density at radius 2 is 1.90 bits per heavy atom. The molecule has 0 saturated carbocycles. The summed E-state index contributed by atoms with van der Waals surface area (Å²) in [5, 5.41) is 0. The quantitative estimate of drug-likeness (QED) is 0.872. The van der Waals surface area contributed by atoms with Gasteiger partial charge < -0.3 is 10.5 Å². The third-order valence-electron chi connectivity index (χ3n) is 3.07. The van der Waals surface area contributed by atoms with Gasteiger partial charge in [0.05, 0.1) is 10.5 Å². The molecular formula is C14H22BrNO3S.